The van der Waals surface area contributed by atoms with E-state index < -0.39 is 0 Å². The summed E-state index contributed by atoms with van der Waals surface area (Å²) in [6.45, 7) is 10.3. The smallest absolute Gasteiger partial charge is 0.319 e. The van der Waals surface area contributed by atoms with Crippen LogP contribution in [0.5, 0.6) is 0 Å². The van der Waals surface area contributed by atoms with Crippen molar-refractivity contribution in [3.63, 3.8) is 0 Å². The number of hydrogen-bond donors (Lipinski definition) is 1. The van der Waals surface area contributed by atoms with Crippen LogP contribution in [0.2, 0.25) is 0 Å². The van der Waals surface area contributed by atoms with Crippen molar-refractivity contribution in [2.24, 2.45) is 11.1 Å². The van der Waals surface area contributed by atoms with Crippen molar-refractivity contribution in [2.45, 2.75) is 33.6 Å². The number of urea groups is 1. The minimum atomic E-state index is 0.184. The Hall–Kier alpha value is -0.770. The molecular formula is C12H25N3O. The van der Waals surface area contributed by atoms with Crippen LogP contribution in [-0.2, 0) is 0 Å². The van der Waals surface area contributed by atoms with E-state index in [0.717, 1.165) is 45.6 Å². The number of nitrogens with two attached hydrogens (primary N) is 1. The maximum atomic E-state index is 12.1. The lowest BCUT2D eigenvalue weighted by molar-refractivity contribution is 0.110. The lowest BCUT2D eigenvalue weighted by Crippen LogP contribution is -2.49. The molecule has 0 unspecified atom stereocenters. The molecule has 0 aromatic heterocycles. The maximum absolute atomic E-state index is 12.1. The van der Waals surface area contributed by atoms with Crippen LogP contribution in [-0.4, -0.2) is 48.6 Å². The molecule has 0 aromatic carbocycles. The highest BCUT2D eigenvalue weighted by atomic mass is 16.2. The van der Waals surface area contributed by atoms with Gasteiger partial charge in [-0.1, -0.05) is 6.92 Å². The van der Waals surface area contributed by atoms with E-state index in [1.54, 1.807) is 0 Å². The van der Waals surface area contributed by atoms with E-state index >= 15 is 0 Å². The van der Waals surface area contributed by atoms with Crippen LogP contribution < -0.4 is 5.73 Å². The zero-order valence-corrected chi connectivity index (χ0v) is 10.8. The Morgan fingerprint density at radius 1 is 1.31 bits per heavy atom. The van der Waals surface area contributed by atoms with E-state index in [-0.39, 0.29) is 11.4 Å². The molecule has 1 aliphatic rings. The van der Waals surface area contributed by atoms with Crippen molar-refractivity contribution in [1.82, 2.24) is 9.80 Å². The van der Waals surface area contributed by atoms with Gasteiger partial charge in [0.25, 0.3) is 0 Å². The Morgan fingerprint density at radius 3 is 2.19 bits per heavy atom. The van der Waals surface area contributed by atoms with E-state index in [1.165, 1.54) is 0 Å². The molecular weight excluding hydrogens is 202 g/mol. The second kappa shape index (κ2) is 5.53. The van der Waals surface area contributed by atoms with Crippen molar-refractivity contribution in [3.05, 3.63) is 0 Å². The average molecular weight is 227 g/mol. The summed E-state index contributed by atoms with van der Waals surface area (Å²) < 4.78 is 0. The Labute approximate surface area is 98.8 Å². The Bertz CT molecular complexity index is 230. The highest BCUT2D eigenvalue weighted by Crippen LogP contribution is 2.29. The van der Waals surface area contributed by atoms with Crippen LogP contribution in [0.4, 0.5) is 4.79 Å². The van der Waals surface area contributed by atoms with Gasteiger partial charge in [-0.2, -0.15) is 0 Å². The van der Waals surface area contributed by atoms with Crippen molar-refractivity contribution in [2.75, 3.05) is 32.7 Å². The van der Waals surface area contributed by atoms with Gasteiger partial charge in [0, 0.05) is 26.2 Å². The van der Waals surface area contributed by atoms with Crippen molar-refractivity contribution in [1.29, 1.82) is 0 Å². The molecule has 2 N–H and O–H groups in total. The number of carbonyl (C=O) groups is 1. The lowest BCUT2D eigenvalue weighted by Gasteiger charge is -2.40. The van der Waals surface area contributed by atoms with Crippen LogP contribution in [0.25, 0.3) is 0 Å². The Kier molecular flexibility index (Phi) is 4.59. The van der Waals surface area contributed by atoms with Gasteiger partial charge < -0.3 is 15.5 Å². The van der Waals surface area contributed by atoms with Crippen LogP contribution in [0.1, 0.15) is 33.6 Å². The summed E-state index contributed by atoms with van der Waals surface area (Å²) in [5.74, 6) is 0. The zero-order chi connectivity index (χ0) is 12.2. The van der Waals surface area contributed by atoms with Crippen molar-refractivity contribution in [3.8, 4) is 0 Å². The predicted octanol–water partition coefficient (Wildman–Crippen LogP) is 1.51. The normalized spacial score (nSPS) is 19.6. The second-order valence-corrected chi connectivity index (χ2v) is 4.96. The number of carbonyl (C=O) groups excluding carboxylic acids is 1. The second-order valence-electron chi connectivity index (χ2n) is 4.96. The van der Waals surface area contributed by atoms with E-state index in [0.29, 0.717) is 0 Å². The molecule has 2 amide bonds. The zero-order valence-electron chi connectivity index (χ0n) is 10.8. The highest BCUT2D eigenvalue weighted by molar-refractivity contribution is 5.74. The SMILES string of the molecule is CCN(CC)C(=O)N1CCC(C)(CN)CC1. The number of hydrogen-bond acceptors (Lipinski definition) is 2. The third-order valence-electron chi connectivity index (χ3n) is 3.77. The van der Waals surface area contributed by atoms with Gasteiger partial charge in [-0.25, -0.2) is 4.79 Å². The summed E-state index contributed by atoms with van der Waals surface area (Å²) in [6.07, 6.45) is 2.05. The molecule has 0 bridgehead atoms. The fraction of sp³-hybridized carbons (Fsp3) is 0.917. The first-order valence-corrected chi connectivity index (χ1v) is 6.30. The molecule has 1 rings (SSSR count). The fourth-order valence-corrected chi connectivity index (χ4v) is 2.14. The van der Waals surface area contributed by atoms with E-state index in [1.807, 2.05) is 23.6 Å². The van der Waals surface area contributed by atoms with E-state index in [4.69, 9.17) is 5.73 Å². The number of amides is 2. The molecule has 0 atom stereocenters. The summed E-state index contributed by atoms with van der Waals surface area (Å²) in [6, 6.07) is 0.184. The van der Waals surface area contributed by atoms with Gasteiger partial charge >= 0.3 is 6.03 Å². The van der Waals surface area contributed by atoms with Crippen LogP contribution in [0.3, 0.4) is 0 Å². The largest absolute Gasteiger partial charge is 0.330 e. The van der Waals surface area contributed by atoms with Gasteiger partial charge in [-0.15, -0.1) is 0 Å². The molecule has 0 aromatic rings. The molecule has 4 heteroatoms. The first-order valence-electron chi connectivity index (χ1n) is 6.30. The minimum Gasteiger partial charge on any atom is -0.330 e. The molecule has 1 saturated heterocycles. The number of likely N-dealkylation sites (tertiary alicyclic amines) is 1. The quantitative estimate of drug-likeness (QED) is 0.794. The first kappa shape index (κ1) is 13.3. The fourth-order valence-electron chi connectivity index (χ4n) is 2.14. The summed E-state index contributed by atoms with van der Waals surface area (Å²) >= 11 is 0. The molecule has 1 fully saturated rings. The molecule has 1 aliphatic heterocycles. The van der Waals surface area contributed by atoms with E-state index in [9.17, 15) is 4.79 Å². The lowest BCUT2D eigenvalue weighted by atomic mass is 9.81. The van der Waals surface area contributed by atoms with Gasteiger partial charge in [0.15, 0.2) is 0 Å². The third kappa shape index (κ3) is 2.88. The summed E-state index contributed by atoms with van der Waals surface area (Å²) in [4.78, 5) is 15.9. The van der Waals surface area contributed by atoms with Crippen LogP contribution in [0, 0.1) is 5.41 Å². The monoisotopic (exact) mass is 227 g/mol. The summed E-state index contributed by atoms with van der Waals surface area (Å²) in [5, 5.41) is 0. The number of rotatable bonds is 3. The van der Waals surface area contributed by atoms with Gasteiger partial charge in [0.05, 0.1) is 0 Å². The van der Waals surface area contributed by atoms with Gasteiger partial charge in [0.2, 0.25) is 0 Å². The Morgan fingerprint density at radius 2 is 1.81 bits per heavy atom. The Balaban J connectivity index is 2.50. The standard InChI is InChI=1S/C12H25N3O/c1-4-14(5-2)11(16)15-8-6-12(3,10-13)7-9-15/h4-10,13H2,1-3H3. The predicted molar refractivity (Wildman–Crippen MR) is 66.3 cm³/mol. The molecule has 94 valence electrons. The molecule has 1 heterocycles. The number of nitrogens with zero attached hydrogens (tertiary/aromatic N) is 2. The van der Waals surface area contributed by atoms with Crippen LogP contribution >= 0.6 is 0 Å². The van der Waals surface area contributed by atoms with Crippen molar-refractivity contribution < 1.29 is 4.79 Å². The van der Waals surface area contributed by atoms with E-state index in [2.05, 4.69) is 6.92 Å². The maximum Gasteiger partial charge on any atom is 0.319 e. The topological polar surface area (TPSA) is 49.6 Å². The summed E-state index contributed by atoms with van der Waals surface area (Å²) in [7, 11) is 0. The van der Waals surface area contributed by atoms with Gasteiger partial charge in [-0.3, -0.25) is 0 Å². The van der Waals surface area contributed by atoms with Crippen LogP contribution in [0.15, 0.2) is 0 Å². The number of piperidine rings is 1. The molecule has 0 aliphatic carbocycles. The average Bonchev–Trinajstić information content (AvgIpc) is 2.31. The summed E-state index contributed by atoms with van der Waals surface area (Å²) in [5.41, 5.74) is 5.99. The van der Waals surface area contributed by atoms with Gasteiger partial charge in [0.1, 0.15) is 0 Å². The minimum absolute atomic E-state index is 0.184. The molecule has 4 nitrogen and oxygen atoms in total. The molecule has 0 spiro atoms. The first-order chi connectivity index (χ1) is 7.56. The molecule has 16 heavy (non-hydrogen) atoms. The molecule has 0 radical (unpaired) electrons. The van der Waals surface area contributed by atoms with Gasteiger partial charge in [-0.05, 0) is 38.6 Å². The van der Waals surface area contributed by atoms with Crippen molar-refractivity contribution >= 4 is 6.03 Å². The third-order valence-corrected chi connectivity index (χ3v) is 3.77. The molecule has 0 saturated carbocycles. The highest BCUT2D eigenvalue weighted by Gasteiger charge is 2.31.